The minimum Gasteiger partial charge on any atom is -0.508 e. The fourth-order valence-corrected chi connectivity index (χ4v) is 1.49. The number of phenolic OH excluding ortho intramolecular Hbond substituents is 1. The molecule has 2 aromatic rings. The van der Waals surface area contributed by atoms with Crippen LogP contribution in [0.3, 0.4) is 0 Å². The third kappa shape index (κ3) is 2.96. The zero-order valence-electron chi connectivity index (χ0n) is 9.17. The fraction of sp³-hybridized carbons (Fsp3) is 0. The van der Waals surface area contributed by atoms with Crippen LogP contribution in [-0.2, 0) is 0 Å². The minimum atomic E-state index is 0.258. The molecule has 0 fully saturated rings. The maximum absolute atomic E-state index is 9.15. The van der Waals surface area contributed by atoms with Crippen LogP contribution in [0.1, 0.15) is 16.7 Å². The normalized spacial score (nSPS) is 10.3. The van der Waals surface area contributed by atoms with Crippen LogP contribution < -0.4 is 0 Å². The van der Waals surface area contributed by atoms with E-state index in [4.69, 9.17) is 10.4 Å². The third-order valence-electron chi connectivity index (χ3n) is 2.38. The summed E-state index contributed by atoms with van der Waals surface area (Å²) in [5.41, 5.74) is 2.64. The van der Waals surface area contributed by atoms with Crippen LogP contribution in [0.2, 0.25) is 0 Å². The molecular formula is C15H11NO. The molecule has 2 nitrogen and oxygen atoms in total. The summed E-state index contributed by atoms with van der Waals surface area (Å²) in [7, 11) is 0. The van der Waals surface area contributed by atoms with Gasteiger partial charge in [0.25, 0.3) is 0 Å². The Bertz CT molecular complexity index is 577. The highest BCUT2D eigenvalue weighted by Crippen LogP contribution is 2.13. The van der Waals surface area contributed by atoms with Crippen LogP contribution in [0.15, 0.2) is 48.5 Å². The first kappa shape index (κ1) is 11.0. The van der Waals surface area contributed by atoms with E-state index in [2.05, 4.69) is 6.07 Å². The molecule has 0 radical (unpaired) electrons. The van der Waals surface area contributed by atoms with Crippen molar-refractivity contribution < 1.29 is 5.11 Å². The predicted molar refractivity (Wildman–Crippen MR) is 68.2 cm³/mol. The van der Waals surface area contributed by atoms with Crippen molar-refractivity contribution in [1.29, 1.82) is 5.26 Å². The first-order valence-corrected chi connectivity index (χ1v) is 5.25. The van der Waals surface area contributed by atoms with Gasteiger partial charge < -0.3 is 5.11 Å². The Morgan fingerprint density at radius 3 is 2.35 bits per heavy atom. The molecule has 1 N–H and O–H groups in total. The molecule has 0 aliphatic heterocycles. The van der Waals surface area contributed by atoms with Gasteiger partial charge in [0.1, 0.15) is 5.75 Å². The number of benzene rings is 2. The summed E-state index contributed by atoms with van der Waals surface area (Å²) in [4.78, 5) is 0. The molecule has 0 aromatic heterocycles. The van der Waals surface area contributed by atoms with Crippen LogP contribution in [-0.4, -0.2) is 5.11 Å². The summed E-state index contributed by atoms with van der Waals surface area (Å²) in [5.74, 6) is 0.258. The van der Waals surface area contributed by atoms with Gasteiger partial charge in [0.15, 0.2) is 0 Å². The van der Waals surface area contributed by atoms with E-state index in [0.717, 1.165) is 11.1 Å². The van der Waals surface area contributed by atoms with Crippen molar-refractivity contribution >= 4 is 12.2 Å². The van der Waals surface area contributed by atoms with Gasteiger partial charge in [-0.1, -0.05) is 36.4 Å². The molecule has 0 atom stereocenters. The van der Waals surface area contributed by atoms with Gasteiger partial charge in [0, 0.05) is 0 Å². The van der Waals surface area contributed by atoms with Gasteiger partial charge in [-0.25, -0.2) is 0 Å². The first-order valence-electron chi connectivity index (χ1n) is 5.25. The standard InChI is InChI=1S/C15H11NO/c16-11-14-3-1-2-13(10-14)5-4-12-6-8-15(17)9-7-12/h1-10,17H/b5-4+. The molecule has 0 saturated heterocycles. The van der Waals surface area contributed by atoms with E-state index in [9.17, 15) is 0 Å². The lowest BCUT2D eigenvalue weighted by atomic mass is 10.1. The molecule has 0 spiro atoms. The van der Waals surface area contributed by atoms with E-state index in [1.54, 1.807) is 18.2 Å². The predicted octanol–water partition coefficient (Wildman–Crippen LogP) is 3.43. The lowest BCUT2D eigenvalue weighted by molar-refractivity contribution is 0.475. The Hall–Kier alpha value is -2.53. The van der Waals surface area contributed by atoms with Gasteiger partial charge in [-0.05, 0) is 35.4 Å². The zero-order chi connectivity index (χ0) is 12.1. The zero-order valence-corrected chi connectivity index (χ0v) is 9.17. The Balaban J connectivity index is 2.20. The molecule has 17 heavy (non-hydrogen) atoms. The number of nitriles is 1. The SMILES string of the molecule is N#Cc1cccc(/C=C/c2ccc(O)cc2)c1. The van der Waals surface area contributed by atoms with Crippen molar-refractivity contribution in [3.63, 3.8) is 0 Å². The summed E-state index contributed by atoms with van der Waals surface area (Å²) in [6.07, 6.45) is 3.88. The van der Waals surface area contributed by atoms with Gasteiger partial charge in [0.05, 0.1) is 11.6 Å². The summed E-state index contributed by atoms with van der Waals surface area (Å²) in [6.45, 7) is 0. The molecule has 2 rings (SSSR count). The van der Waals surface area contributed by atoms with Crippen molar-refractivity contribution in [3.05, 3.63) is 65.2 Å². The molecule has 0 amide bonds. The van der Waals surface area contributed by atoms with Gasteiger partial charge in [-0.2, -0.15) is 5.26 Å². The van der Waals surface area contributed by atoms with E-state index in [1.165, 1.54) is 0 Å². The highest BCUT2D eigenvalue weighted by Gasteiger charge is 1.92. The maximum Gasteiger partial charge on any atom is 0.115 e. The second-order valence-corrected chi connectivity index (χ2v) is 3.66. The molecular weight excluding hydrogens is 210 g/mol. The molecule has 82 valence electrons. The number of hydrogen-bond donors (Lipinski definition) is 1. The van der Waals surface area contributed by atoms with Crippen LogP contribution in [0.5, 0.6) is 5.75 Å². The van der Waals surface area contributed by atoms with E-state index >= 15 is 0 Å². The smallest absolute Gasteiger partial charge is 0.115 e. The molecule has 2 heteroatoms. The summed E-state index contributed by atoms with van der Waals surface area (Å²) in [6, 6.07) is 16.5. The molecule has 2 aromatic carbocycles. The van der Waals surface area contributed by atoms with Crippen molar-refractivity contribution in [1.82, 2.24) is 0 Å². The quantitative estimate of drug-likeness (QED) is 0.789. The summed E-state index contributed by atoms with van der Waals surface area (Å²) >= 11 is 0. The minimum absolute atomic E-state index is 0.258. The van der Waals surface area contributed by atoms with Crippen LogP contribution in [0.25, 0.3) is 12.2 Å². The van der Waals surface area contributed by atoms with Gasteiger partial charge in [-0.3, -0.25) is 0 Å². The lowest BCUT2D eigenvalue weighted by Gasteiger charge is -1.96. The van der Waals surface area contributed by atoms with Crippen molar-refractivity contribution in [3.8, 4) is 11.8 Å². The van der Waals surface area contributed by atoms with Gasteiger partial charge in [0.2, 0.25) is 0 Å². The highest BCUT2D eigenvalue weighted by atomic mass is 16.3. The summed E-state index contributed by atoms with van der Waals surface area (Å²) < 4.78 is 0. The van der Waals surface area contributed by atoms with E-state index in [0.29, 0.717) is 5.56 Å². The Kier molecular flexibility index (Phi) is 3.23. The van der Waals surface area contributed by atoms with E-state index < -0.39 is 0 Å². The number of aromatic hydroxyl groups is 1. The number of rotatable bonds is 2. The van der Waals surface area contributed by atoms with Crippen LogP contribution in [0.4, 0.5) is 0 Å². The average molecular weight is 221 g/mol. The number of nitrogens with zero attached hydrogens (tertiary/aromatic N) is 1. The molecule has 0 aliphatic rings. The van der Waals surface area contributed by atoms with Crippen LogP contribution >= 0.6 is 0 Å². The Morgan fingerprint density at radius 1 is 0.941 bits per heavy atom. The maximum atomic E-state index is 9.15. The fourth-order valence-electron chi connectivity index (χ4n) is 1.49. The van der Waals surface area contributed by atoms with Crippen LogP contribution in [0, 0.1) is 11.3 Å². The third-order valence-corrected chi connectivity index (χ3v) is 2.38. The highest BCUT2D eigenvalue weighted by molar-refractivity contribution is 5.70. The lowest BCUT2D eigenvalue weighted by Crippen LogP contribution is -1.76. The second-order valence-electron chi connectivity index (χ2n) is 3.66. The molecule has 0 heterocycles. The van der Waals surface area contributed by atoms with Crippen molar-refractivity contribution in [2.45, 2.75) is 0 Å². The number of hydrogen-bond acceptors (Lipinski definition) is 2. The topological polar surface area (TPSA) is 44.0 Å². The number of phenols is 1. The Labute approximate surface area is 100 Å². The molecule has 0 unspecified atom stereocenters. The van der Waals surface area contributed by atoms with Gasteiger partial charge >= 0.3 is 0 Å². The summed E-state index contributed by atoms with van der Waals surface area (Å²) in [5, 5.41) is 17.9. The first-order chi connectivity index (χ1) is 8.28. The second kappa shape index (κ2) is 5.00. The molecule has 0 saturated carbocycles. The van der Waals surface area contributed by atoms with Crippen molar-refractivity contribution in [2.24, 2.45) is 0 Å². The average Bonchev–Trinajstić information content (AvgIpc) is 2.38. The molecule has 0 bridgehead atoms. The van der Waals surface area contributed by atoms with Crippen molar-refractivity contribution in [2.75, 3.05) is 0 Å². The Morgan fingerprint density at radius 2 is 1.65 bits per heavy atom. The monoisotopic (exact) mass is 221 g/mol. The largest absolute Gasteiger partial charge is 0.508 e. The van der Waals surface area contributed by atoms with E-state index in [1.807, 2.05) is 42.5 Å². The molecule has 0 aliphatic carbocycles. The van der Waals surface area contributed by atoms with Gasteiger partial charge in [-0.15, -0.1) is 0 Å². The van der Waals surface area contributed by atoms with E-state index in [-0.39, 0.29) is 5.75 Å².